The lowest BCUT2D eigenvalue weighted by Crippen LogP contribution is -2.22. The van der Waals surface area contributed by atoms with E-state index in [0.29, 0.717) is 5.92 Å². The molecule has 1 atom stereocenters. The van der Waals surface area contributed by atoms with Gasteiger partial charge >= 0.3 is 0 Å². The first kappa shape index (κ1) is 13.2. The molecule has 1 aromatic carbocycles. The summed E-state index contributed by atoms with van der Waals surface area (Å²) in [6.45, 7) is 1.22. The fourth-order valence-corrected chi connectivity index (χ4v) is 2.92. The number of imidazole rings is 1. The summed E-state index contributed by atoms with van der Waals surface area (Å²) in [6.07, 6.45) is 4.69. The van der Waals surface area contributed by atoms with Crippen molar-refractivity contribution < 1.29 is 9.84 Å². The summed E-state index contributed by atoms with van der Waals surface area (Å²) in [5.74, 6) is 2.38. The first-order valence-electron chi connectivity index (χ1n) is 7.08. The average molecular weight is 272 g/mol. The second kappa shape index (κ2) is 5.67. The Labute approximate surface area is 119 Å². The molecule has 20 heavy (non-hydrogen) atoms. The molecule has 0 bridgehead atoms. The van der Waals surface area contributed by atoms with Crippen molar-refractivity contribution in [3.63, 3.8) is 0 Å². The van der Waals surface area contributed by atoms with Crippen LogP contribution in [0.4, 0.5) is 0 Å². The van der Waals surface area contributed by atoms with Gasteiger partial charge in [0.25, 0.3) is 0 Å². The van der Waals surface area contributed by atoms with Crippen LogP contribution in [0.3, 0.4) is 0 Å². The molecule has 0 saturated carbocycles. The van der Waals surface area contributed by atoms with Crippen molar-refractivity contribution in [1.82, 2.24) is 9.55 Å². The van der Waals surface area contributed by atoms with E-state index in [1.54, 1.807) is 7.11 Å². The summed E-state index contributed by atoms with van der Waals surface area (Å²) in [7, 11) is 1.70. The maximum atomic E-state index is 9.28. The third-order valence-corrected chi connectivity index (χ3v) is 4.08. The van der Waals surface area contributed by atoms with E-state index in [2.05, 4.69) is 15.6 Å². The van der Waals surface area contributed by atoms with Crippen molar-refractivity contribution in [2.45, 2.75) is 25.8 Å². The van der Waals surface area contributed by atoms with Gasteiger partial charge in [0, 0.05) is 37.0 Å². The third kappa shape index (κ3) is 2.43. The molecule has 4 heteroatoms. The lowest BCUT2D eigenvalue weighted by atomic mass is 9.97. The fraction of sp³-hybridized carbons (Fsp3) is 0.438. The largest absolute Gasteiger partial charge is 0.496 e. The molecule has 0 spiro atoms. The Morgan fingerprint density at radius 3 is 3.05 bits per heavy atom. The number of rotatable bonds is 4. The van der Waals surface area contributed by atoms with Crippen LogP contribution in [0.25, 0.3) is 0 Å². The molecule has 0 aliphatic carbocycles. The molecule has 3 rings (SSSR count). The normalized spacial score (nSPS) is 17.8. The zero-order chi connectivity index (χ0) is 13.9. The minimum Gasteiger partial charge on any atom is -0.496 e. The number of nitrogens with zero attached hydrogens (tertiary/aromatic N) is 2. The van der Waals surface area contributed by atoms with E-state index >= 15 is 0 Å². The van der Waals surface area contributed by atoms with Crippen LogP contribution in [-0.2, 0) is 19.4 Å². The van der Waals surface area contributed by atoms with Crippen LogP contribution in [0.1, 0.15) is 23.5 Å². The van der Waals surface area contributed by atoms with Crippen LogP contribution < -0.4 is 4.74 Å². The molecule has 106 valence electrons. The Kier molecular flexibility index (Phi) is 3.74. The number of ether oxygens (including phenoxy) is 1. The second-order valence-electron chi connectivity index (χ2n) is 5.35. The van der Waals surface area contributed by atoms with E-state index in [0.717, 1.165) is 42.9 Å². The van der Waals surface area contributed by atoms with Gasteiger partial charge in [0.15, 0.2) is 0 Å². The second-order valence-corrected chi connectivity index (χ2v) is 5.35. The zero-order valence-electron chi connectivity index (χ0n) is 11.7. The van der Waals surface area contributed by atoms with Crippen LogP contribution in [0, 0.1) is 5.92 Å². The summed E-state index contributed by atoms with van der Waals surface area (Å²) in [5.41, 5.74) is 2.40. The predicted octanol–water partition coefficient (Wildman–Crippen LogP) is 2.04. The molecule has 1 unspecified atom stereocenters. The number of para-hydroxylation sites is 1. The van der Waals surface area contributed by atoms with Gasteiger partial charge in [-0.2, -0.15) is 0 Å². The molecule has 2 heterocycles. The predicted molar refractivity (Wildman–Crippen MR) is 76.9 cm³/mol. The minimum absolute atomic E-state index is 0.271. The zero-order valence-corrected chi connectivity index (χ0v) is 11.7. The molecule has 1 aromatic heterocycles. The number of aromatic nitrogens is 2. The number of hydrogen-bond donors (Lipinski definition) is 1. The first-order valence-corrected chi connectivity index (χ1v) is 7.08. The summed E-state index contributed by atoms with van der Waals surface area (Å²) >= 11 is 0. The van der Waals surface area contributed by atoms with E-state index in [1.165, 1.54) is 5.69 Å². The van der Waals surface area contributed by atoms with Crippen molar-refractivity contribution in [2.75, 3.05) is 13.7 Å². The molecular formula is C16H20N2O2. The van der Waals surface area contributed by atoms with Crippen molar-refractivity contribution in [1.29, 1.82) is 0 Å². The Morgan fingerprint density at radius 1 is 1.40 bits per heavy atom. The number of fused-ring (bicyclic) bond motifs is 1. The standard InChI is InChI=1S/C16H20N2O2/c1-20-15-5-3-2-4-13(15)9-16-17-10-14-8-12(11-19)6-7-18(14)16/h2-5,10,12,19H,6-9,11H2,1H3. The molecule has 1 aliphatic heterocycles. The molecule has 0 fully saturated rings. The fourth-order valence-electron chi connectivity index (χ4n) is 2.92. The average Bonchev–Trinajstić information content (AvgIpc) is 2.90. The van der Waals surface area contributed by atoms with E-state index in [-0.39, 0.29) is 6.61 Å². The molecule has 1 N–H and O–H groups in total. The minimum atomic E-state index is 0.271. The van der Waals surface area contributed by atoms with Gasteiger partial charge in [0.05, 0.1) is 7.11 Å². The third-order valence-electron chi connectivity index (χ3n) is 4.08. The van der Waals surface area contributed by atoms with E-state index in [4.69, 9.17) is 4.74 Å². The summed E-state index contributed by atoms with van der Waals surface area (Å²) in [6, 6.07) is 8.08. The van der Waals surface area contributed by atoms with Gasteiger partial charge in [-0.1, -0.05) is 18.2 Å². The SMILES string of the molecule is COc1ccccc1Cc1ncc2n1CCC(CO)C2. The Bertz CT molecular complexity index is 592. The van der Waals surface area contributed by atoms with Crippen molar-refractivity contribution in [3.8, 4) is 5.75 Å². The molecule has 2 aromatic rings. The number of aliphatic hydroxyl groups is 1. The van der Waals surface area contributed by atoms with Crippen molar-refractivity contribution in [2.24, 2.45) is 5.92 Å². The van der Waals surface area contributed by atoms with Crippen LogP contribution in [-0.4, -0.2) is 28.4 Å². The van der Waals surface area contributed by atoms with Gasteiger partial charge in [0.2, 0.25) is 0 Å². The van der Waals surface area contributed by atoms with Crippen molar-refractivity contribution >= 4 is 0 Å². The highest BCUT2D eigenvalue weighted by molar-refractivity contribution is 5.35. The molecule has 0 amide bonds. The molecule has 1 aliphatic rings. The summed E-state index contributed by atoms with van der Waals surface area (Å²) in [4.78, 5) is 4.56. The highest BCUT2D eigenvalue weighted by atomic mass is 16.5. The smallest absolute Gasteiger partial charge is 0.122 e. The van der Waals surface area contributed by atoms with E-state index in [9.17, 15) is 5.11 Å². The Hall–Kier alpha value is -1.81. The Morgan fingerprint density at radius 2 is 2.25 bits per heavy atom. The van der Waals surface area contributed by atoms with Crippen molar-refractivity contribution in [3.05, 3.63) is 47.5 Å². The monoisotopic (exact) mass is 272 g/mol. The maximum Gasteiger partial charge on any atom is 0.122 e. The highest BCUT2D eigenvalue weighted by Crippen LogP contribution is 2.25. The van der Waals surface area contributed by atoms with Crippen LogP contribution in [0.5, 0.6) is 5.75 Å². The van der Waals surface area contributed by atoms with Gasteiger partial charge in [-0.25, -0.2) is 4.98 Å². The topological polar surface area (TPSA) is 47.3 Å². The van der Waals surface area contributed by atoms with Gasteiger partial charge < -0.3 is 14.4 Å². The Balaban J connectivity index is 1.84. The van der Waals surface area contributed by atoms with Crippen LogP contribution in [0.2, 0.25) is 0 Å². The number of hydrogen-bond acceptors (Lipinski definition) is 3. The molecular weight excluding hydrogens is 252 g/mol. The van der Waals surface area contributed by atoms with Gasteiger partial charge in [-0.3, -0.25) is 0 Å². The summed E-state index contributed by atoms with van der Waals surface area (Å²) < 4.78 is 7.69. The summed E-state index contributed by atoms with van der Waals surface area (Å²) in [5, 5.41) is 9.28. The highest BCUT2D eigenvalue weighted by Gasteiger charge is 2.21. The quantitative estimate of drug-likeness (QED) is 0.926. The molecule has 0 radical (unpaired) electrons. The lowest BCUT2D eigenvalue weighted by Gasteiger charge is -2.23. The van der Waals surface area contributed by atoms with E-state index < -0.39 is 0 Å². The molecule has 0 saturated heterocycles. The van der Waals surface area contributed by atoms with Gasteiger partial charge in [-0.05, 0) is 24.8 Å². The van der Waals surface area contributed by atoms with Crippen LogP contribution >= 0.6 is 0 Å². The maximum absolute atomic E-state index is 9.28. The first-order chi connectivity index (χ1) is 9.81. The lowest BCUT2D eigenvalue weighted by molar-refractivity contribution is 0.200. The number of aliphatic hydroxyl groups excluding tert-OH is 1. The van der Waals surface area contributed by atoms with Gasteiger partial charge in [0.1, 0.15) is 11.6 Å². The van der Waals surface area contributed by atoms with E-state index in [1.807, 2.05) is 24.4 Å². The van der Waals surface area contributed by atoms with Gasteiger partial charge in [-0.15, -0.1) is 0 Å². The number of methoxy groups -OCH3 is 1. The molecule has 4 nitrogen and oxygen atoms in total. The van der Waals surface area contributed by atoms with Crippen LogP contribution in [0.15, 0.2) is 30.5 Å². The number of benzene rings is 1.